The van der Waals surface area contributed by atoms with E-state index in [1.54, 1.807) is 12.1 Å². The van der Waals surface area contributed by atoms with Gasteiger partial charge in [-0.05, 0) is 36.6 Å². The third-order valence-corrected chi connectivity index (χ3v) is 4.56. The van der Waals surface area contributed by atoms with Gasteiger partial charge in [0.25, 0.3) is 5.69 Å². The molecule has 1 heterocycles. The number of hydrogen-bond donors (Lipinski definition) is 1. The summed E-state index contributed by atoms with van der Waals surface area (Å²) >= 11 is 0. The van der Waals surface area contributed by atoms with Gasteiger partial charge in [-0.2, -0.15) is 0 Å². The fraction of sp³-hybridized carbons (Fsp3) is 0.400. The number of aryl methyl sites for hydroxylation is 1. The van der Waals surface area contributed by atoms with E-state index in [-0.39, 0.29) is 16.7 Å². The van der Waals surface area contributed by atoms with Crippen molar-refractivity contribution in [1.82, 2.24) is 4.90 Å². The summed E-state index contributed by atoms with van der Waals surface area (Å²) in [5, 5.41) is 14.4. The summed E-state index contributed by atoms with van der Waals surface area (Å²) in [5.74, 6) is 0. The summed E-state index contributed by atoms with van der Waals surface area (Å²) in [6.45, 7) is 8.07. The lowest BCUT2D eigenvalue weighted by atomic mass is 10.1. The van der Waals surface area contributed by atoms with Gasteiger partial charge in [0.15, 0.2) is 0 Å². The fourth-order valence-corrected chi connectivity index (χ4v) is 3.27. The Hall–Kier alpha value is -2.44. The zero-order valence-electron chi connectivity index (χ0n) is 15.3. The van der Waals surface area contributed by atoms with E-state index in [9.17, 15) is 10.1 Å². The lowest BCUT2D eigenvalue weighted by molar-refractivity contribution is -0.384. The van der Waals surface area contributed by atoms with Crippen molar-refractivity contribution in [2.24, 2.45) is 0 Å². The molecular formula is C20H25N3O3. The van der Waals surface area contributed by atoms with Gasteiger partial charge in [0.2, 0.25) is 0 Å². The number of ether oxygens (including phenoxy) is 1. The molecule has 0 saturated carbocycles. The first-order valence-electron chi connectivity index (χ1n) is 8.92. The number of nitrogens with one attached hydrogen (secondary N) is 1. The number of benzene rings is 2. The van der Waals surface area contributed by atoms with Gasteiger partial charge >= 0.3 is 0 Å². The van der Waals surface area contributed by atoms with Crippen LogP contribution in [0.5, 0.6) is 0 Å². The molecule has 2 aromatic carbocycles. The SMILES string of the molecule is Cc1ccc(NCc2cccc(CN3CCOC(C)C3)c2)c([N+](=O)[O-])c1. The van der Waals surface area contributed by atoms with Crippen LogP contribution < -0.4 is 5.32 Å². The number of anilines is 1. The summed E-state index contributed by atoms with van der Waals surface area (Å²) in [5.41, 5.74) is 3.90. The van der Waals surface area contributed by atoms with Gasteiger partial charge in [-0.1, -0.05) is 30.3 Å². The molecule has 0 aromatic heterocycles. The highest BCUT2D eigenvalue weighted by molar-refractivity contribution is 5.62. The highest BCUT2D eigenvalue weighted by Gasteiger charge is 2.17. The molecular weight excluding hydrogens is 330 g/mol. The Kier molecular flexibility index (Phi) is 5.85. The predicted molar refractivity (Wildman–Crippen MR) is 102 cm³/mol. The highest BCUT2D eigenvalue weighted by atomic mass is 16.6. The molecule has 1 atom stereocenters. The van der Waals surface area contributed by atoms with Crippen LogP contribution in [0.1, 0.15) is 23.6 Å². The zero-order valence-corrected chi connectivity index (χ0v) is 15.3. The van der Waals surface area contributed by atoms with E-state index >= 15 is 0 Å². The van der Waals surface area contributed by atoms with Crippen molar-refractivity contribution in [2.75, 3.05) is 25.0 Å². The average molecular weight is 355 g/mol. The maximum atomic E-state index is 11.2. The minimum absolute atomic E-state index is 0.114. The molecule has 3 rings (SSSR count). The maximum absolute atomic E-state index is 11.2. The van der Waals surface area contributed by atoms with Crippen molar-refractivity contribution in [1.29, 1.82) is 0 Å². The third kappa shape index (κ3) is 4.80. The number of rotatable bonds is 6. The van der Waals surface area contributed by atoms with Crippen molar-refractivity contribution in [3.63, 3.8) is 0 Å². The first-order valence-corrected chi connectivity index (χ1v) is 8.92. The van der Waals surface area contributed by atoms with E-state index < -0.39 is 0 Å². The monoisotopic (exact) mass is 355 g/mol. The summed E-state index contributed by atoms with van der Waals surface area (Å²) in [6, 6.07) is 13.6. The van der Waals surface area contributed by atoms with Gasteiger partial charge in [0.05, 0.1) is 17.6 Å². The summed E-state index contributed by atoms with van der Waals surface area (Å²) in [4.78, 5) is 13.3. The van der Waals surface area contributed by atoms with Gasteiger partial charge in [-0.25, -0.2) is 0 Å². The lowest BCUT2D eigenvalue weighted by Crippen LogP contribution is -2.40. The Morgan fingerprint density at radius 1 is 1.27 bits per heavy atom. The van der Waals surface area contributed by atoms with Crippen LogP contribution in [-0.2, 0) is 17.8 Å². The van der Waals surface area contributed by atoms with Gasteiger partial charge < -0.3 is 10.1 Å². The molecule has 0 aliphatic carbocycles. The van der Waals surface area contributed by atoms with Crippen LogP contribution in [0, 0.1) is 17.0 Å². The first-order chi connectivity index (χ1) is 12.5. The minimum atomic E-state index is -0.342. The van der Waals surface area contributed by atoms with Crippen molar-refractivity contribution in [3.8, 4) is 0 Å². The van der Waals surface area contributed by atoms with Gasteiger partial charge in [-0.15, -0.1) is 0 Å². The van der Waals surface area contributed by atoms with E-state index in [1.165, 1.54) is 5.56 Å². The molecule has 26 heavy (non-hydrogen) atoms. The molecule has 1 aliphatic heterocycles. The number of morpholine rings is 1. The molecule has 6 nitrogen and oxygen atoms in total. The molecule has 1 N–H and O–H groups in total. The van der Waals surface area contributed by atoms with E-state index in [2.05, 4.69) is 29.3 Å². The number of nitrogens with zero attached hydrogens (tertiary/aromatic N) is 2. The second-order valence-electron chi connectivity index (χ2n) is 6.87. The van der Waals surface area contributed by atoms with Crippen LogP contribution >= 0.6 is 0 Å². The Morgan fingerprint density at radius 2 is 2.08 bits per heavy atom. The summed E-state index contributed by atoms with van der Waals surface area (Å²) < 4.78 is 5.59. The quantitative estimate of drug-likeness (QED) is 0.632. The topological polar surface area (TPSA) is 67.6 Å². The second-order valence-corrected chi connectivity index (χ2v) is 6.87. The summed E-state index contributed by atoms with van der Waals surface area (Å²) in [6.07, 6.45) is 0.274. The van der Waals surface area contributed by atoms with Crippen LogP contribution in [0.15, 0.2) is 42.5 Å². The third-order valence-electron chi connectivity index (χ3n) is 4.56. The normalized spacial score (nSPS) is 17.8. The standard InChI is InChI=1S/C20H25N3O3/c1-15-6-7-19(20(10-15)23(24)25)21-12-17-4-3-5-18(11-17)14-22-8-9-26-16(2)13-22/h3-7,10-11,16,21H,8-9,12-14H2,1-2H3. The maximum Gasteiger partial charge on any atom is 0.292 e. The molecule has 138 valence electrons. The predicted octanol–water partition coefficient (Wildman–Crippen LogP) is 3.74. The van der Waals surface area contributed by atoms with Gasteiger partial charge in [0.1, 0.15) is 5.69 Å². The summed E-state index contributed by atoms with van der Waals surface area (Å²) in [7, 11) is 0. The van der Waals surface area contributed by atoms with Crippen molar-refractivity contribution >= 4 is 11.4 Å². The Bertz CT molecular complexity index is 779. The smallest absolute Gasteiger partial charge is 0.292 e. The molecule has 1 fully saturated rings. The minimum Gasteiger partial charge on any atom is -0.376 e. The van der Waals surface area contributed by atoms with Gasteiger partial charge in [0, 0.05) is 32.2 Å². The first kappa shape index (κ1) is 18.4. The number of nitro groups is 1. The number of hydrogen-bond acceptors (Lipinski definition) is 5. The molecule has 6 heteroatoms. The van der Waals surface area contributed by atoms with Crippen molar-refractivity contribution in [3.05, 3.63) is 69.3 Å². The average Bonchev–Trinajstić information content (AvgIpc) is 2.61. The van der Waals surface area contributed by atoms with E-state index in [1.807, 2.05) is 25.1 Å². The molecule has 0 spiro atoms. The fourth-order valence-electron chi connectivity index (χ4n) is 3.27. The molecule has 0 radical (unpaired) electrons. The molecule has 1 unspecified atom stereocenters. The largest absolute Gasteiger partial charge is 0.376 e. The molecule has 1 aliphatic rings. The Balaban J connectivity index is 1.65. The number of nitro benzene ring substituents is 1. The van der Waals surface area contributed by atoms with Crippen molar-refractivity contribution in [2.45, 2.75) is 33.0 Å². The molecule has 0 bridgehead atoms. The van der Waals surface area contributed by atoms with Crippen LogP contribution in [0.3, 0.4) is 0 Å². The molecule has 1 saturated heterocycles. The zero-order chi connectivity index (χ0) is 18.5. The van der Waals surface area contributed by atoms with E-state index in [4.69, 9.17) is 4.74 Å². The van der Waals surface area contributed by atoms with Crippen LogP contribution in [-0.4, -0.2) is 35.6 Å². The second kappa shape index (κ2) is 8.29. The van der Waals surface area contributed by atoms with Gasteiger partial charge in [-0.3, -0.25) is 15.0 Å². The molecule has 2 aromatic rings. The molecule has 0 amide bonds. The van der Waals surface area contributed by atoms with E-state index in [0.29, 0.717) is 12.2 Å². The highest BCUT2D eigenvalue weighted by Crippen LogP contribution is 2.26. The Morgan fingerprint density at radius 3 is 2.85 bits per heavy atom. The van der Waals surface area contributed by atoms with Crippen LogP contribution in [0.4, 0.5) is 11.4 Å². The Labute approximate surface area is 153 Å². The van der Waals surface area contributed by atoms with E-state index in [0.717, 1.165) is 37.4 Å². The van der Waals surface area contributed by atoms with Crippen LogP contribution in [0.25, 0.3) is 0 Å². The van der Waals surface area contributed by atoms with Crippen molar-refractivity contribution < 1.29 is 9.66 Å². The van der Waals surface area contributed by atoms with Crippen LogP contribution in [0.2, 0.25) is 0 Å². The lowest BCUT2D eigenvalue weighted by Gasteiger charge is -2.31.